The van der Waals surface area contributed by atoms with E-state index in [4.69, 9.17) is 0 Å². The molecule has 0 spiro atoms. The summed E-state index contributed by atoms with van der Waals surface area (Å²) in [7, 11) is 0. The minimum Gasteiger partial charge on any atom is -1.00 e. The summed E-state index contributed by atoms with van der Waals surface area (Å²) in [5.74, 6) is 0. The van der Waals surface area contributed by atoms with Crippen LogP contribution in [0.2, 0.25) is 0 Å². The molecule has 5 aromatic rings. The first kappa shape index (κ1) is 53.7. The van der Waals surface area contributed by atoms with E-state index in [1.807, 2.05) is 33.5 Å². The molecule has 60 heavy (non-hydrogen) atoms. The van der Waals surface area contributed by atoms with E-state index in [2.05, 4.69) is 142 Å². The summed E-state index contributed by atoms with van der Waals surface area (Å²) < 4.78 is 1.84. The van der Waals surface area contributed by atoms with Gasteiger partial charge in [-0.2, -0.15) is 18.2 Å². The quantitative estimate of drug-likeness (QED) is 0.0670. The summed E-state index contributed by atoms with van der Waals surface area (Å²) in [4.78, 5) is 0. The second kappa shape index (κ2) is 26.9. The molecule has 1 aliphatic rings. The Kier molecular flexibility index (Phi) is 24.1. The van der Waals surface area contributed by atoms with Gasteiger partial charge >= 0.3 is 131 Å². The molecular weight excluding hydrogens is 847 g/mol. The number of benzene rings is 4. The molecule has 324 valence electrons. The number of halogens is 2. The molecule has 0 fully saturated rings. The molecule has 1 aliphatic carbocycles. The SMILES string of the molecule is CCCCCCCC[C](=[Zr+2])CCCCCCCC.Cc1ccccc1-c1[c-]c2c(cc1C(C)(C)C)-c1cc(C(C)(C)C)c(-c3ccccc3C)cc1C2.[Cl-].[Cl-].c1cc[cH-]c1. The van der Waals surface area contributed by atoms with Gasteiger partial charge in [0.15, 0.2) is 0 Å². The predicted molar refractivity (Wildman–Crippen MR) is 254 cm³/mol. The fourth-order valence-corrected chi connectivity index (χ4v) is 9.13. The smallest absolute Gasteiger partial charge is 0.0126 e. The molecule has 0 saturated carbocycles. The maximum Gasteiger partial charge on any atom is -0.0126 e. The Bertz CT molecular complexity index is 1840. The van der Waals surface area contributed by atoms with E-state index < -0.39 is 0 Å². The second-order valence-corrected chi connectivity index (χ2v) is 20.7. The van der Waals surface area contributed by atoms with Gasteiger partial charge in [0.05, 0.1) is 0 Å². The van der Waals surface area contributed by atoms with E-state index in [9.17, 15) is 0 Å². The van der Waals surface area contributed by atoms with E-state index >= 15 is 0 Å². The molecule has 0 radical (unpaired) electrons. The minimum atomic E-state index is 0. The van der Waals surface area contributed by atoms with Crippen molar-refractivity contribution in [1.29, 1.82) is 0 Å². The average molecular weight is 923 g/mol. The summed E-state index contributed by atoms with van der Waals surface area (Å²) in [6, 6.07) is 38.9. The molecule has 0 unspecified atom stereocenters. The van der Waals surface area contributed by atoms with Crippen LogP contribution in [0.4, 0.5) is 0 Å². The van der Waals surface area contributed by atoms with Gasteiger partial charge in [-0.15, -0.1) is 28.8 Å². The van der Waals surface area contributed by atoms with Gasteiger partial charge in [-0.05, 0) is 58.9 Å². The van der Waals surface area contributed by atoms with Crippen molar-refractivity contribution < 1.29 is 49.0 Å². The van der Waals surface area contributed by atoms with Gasteiger partial charge in [0, 0.05) is 0 Å². The Labute approximate surface area is 395 Å². The summed E-state index contributed by atoms with van der Waals surface area (Å²) in [6.07, 6.45) is 21.1. The van der Waals surface area contributed by atoms with Crippen molar-refractivity contribution in [2.75, 3.05) is 0 Å². The molecule has 0 saturated heterocycles. The van der Waals surface area contributed by atoms with Crippen LogP contribution in [-0.2, 0) is 41.5 Å². The van der Waals surface area contributed by atoms with E-state index in [1.54, 1.807) is 24.2 Å². The fourth-order valence-electron chi connectivity index (χ4n) is 8.26. The van der Waals surface area contributed by atoms with Crippen molar-refractivity contribution in [3.05, 3.63) is 137 Å². The Morgan fingerprint density at radius 2 is 1.02 bits per heavy atom. The Balaban J connectivity index is 0.000000418. The molecular formula is C57H76Cl2Zr-2. The van der Waals surface area contributed by atoms with Crippen LogP contribution in [0, 0.1) is 19.9 Å². The molecule has 0 N–H and O–H groups in total. The van der Waals surface area contributed by atoms with Gasteiger partial charge in [0.25, 0.3) is 0 Å². The van der Waals surface area contributed by atoms with Crippen molar-refractivity contribution in [3.8, 4) is 33.4 Å². The van der Waals surface area contributed by atoms with Crippen LogP contribution in [0.3, 0.4) is 0 Å². The first-order chi connectivity index (χ1) is 27.8. The molecule has 5 aromatic carbocycles. The topological polar surface area (TPSA) is 0 Å². The third-order valence-corrected chi connectivity index (χ3v) is 13.0. The summed E-state index contributed by atoms with van der Waals surface area (Å²) in [6.45, 7) is 23.0. The molecule has 6 rings (SSSR count). The summed E-state index contributed by atoms with van der Waals surface area (Å²) in [5.41, 5.74) is 16.3. The van der Waals surface area contributed by atoms with Gasteiger partial charge in [-0.3, -0.25) is 0 Å². The molecule has 0 aliphatic heterocycles. The normalized spacial score (nSPS) is 11.5. The van der Waals surface area contributed by atoms with Gasteiger partial charge in [0.2, 0.25) is 0 Å². The van der Waals surface area contributed by atoms with Crippen LogP contribution in [0.15, 0.2) is 97.1 Å². The number of aryl methyl sites for hydroxylation is 2. The second-order valence-electron chi connectivity index (χ2n) is 18.9. The first-order valence-corrected chi connectivity index (χ1v) is 24.1. The standard InChI is InChI=1S/C35H37.C17H34.C5H5.2ClH.Zr/c1-22-13-9-11-15-26(22)30-18-24-17-25-19-31(27-16-12-10-14-23(27)2)33(35(6,7)8)21-29(25)28(24)20-32(30)34(3,4)5;1-3-5-7-9-11-13-15-17-16-14-12-10-8-6-4-2;1-2-4-5-3-1;;;/h9-16,18,20-21H,17H2,1-8H3;3-16H2,1-2H3;1-5H;2*1H;/q-1;;-1;;;+2/p-2. The molecule has 0 heterocycles. The zero-order valence-corrected chi connectivity index (χ0v) is 43.1. The van der Waals surface area contributed by atoms with E-state index in [0.717, 1.165) is 6.42 Å². The van der Waals surface area contributed by atoms with Crippen LogP contribution in [0.1, 0.15) is 179 Å². The molecule has 0 amide bonds. The van der Waals surface area contributed by atoms with Crippen molar-refractivity contribution in [2.24, 2.45) is 0 Å². The van der Waals surface area contributed by atoms with Crippen LogP contribution < -0.4 is 24.8 Å². The molecule has 0 bridgehead atoms. The van der Waals surface area contributed by atoms with Crippen molar-refractivity contribution in [3.63, 3.8) is 0 Å². The van der Waals surface area contributed by atoms with Crippen LogP contribution in [-0.4, -0.2) is 3.21 Å². The number of hydrogen-bond acceptors (Lipinski definition) is 0. The zero-order valence-electron chi connectivity index (χ0n) is 39.1. The minimum absolute atomic E-state index is 0. The van der Waals surface area contributed by atoms with Crippen molar-refractivity contribution in [2.45, 2.75) is 176 Å². The summed E-state index contributed by atoms with van der Waals surface area (Å²) >= 11 is 1.71. The number of fused-ring (bicyclic) bond motifs is 3. The fraction of sp³-hybridized carbons (Fsp3) is 0.474. The third-order valence-electron chi connectivity index (χ3n) is 11.7. The van der Waals surface area contributed by atoms with Gasteiger partial charge in [-0.25, -0.2) is 12.1 Å². The number of rotatable bonds is 16. The van der Waals surface area contributed by atoms with Gasteiger partial charge in [0.1, 0.15) is 0 Å². The van der Waals surface area contributed by atoms with E-state index in [-0.39, 0.29) is 35.6 Å². The largest absolute Gasteiger partial charge is 1.00 e. The van der Waals surface area contributed by atoms with Crippen molar-refractivity contribution in [1.82, 2.24) is 0 Å². The predicted octanol–water partition coefficient (Wildman–Crippen LogP) is 11.2. The Hall–Kier alpha value is -2.44. The average Bonchev–Trinajstić information content (AvgIpc) is 3.89. The monoisotopic (exact) mass is 920 g/mol. The number of unbranched alkanes of at least 4 members (excludes halogenated alkanes) is 10. The third kappa shape index (κ3) is 16.4. The number of hydrogen-bond donors (Lipinski definition) is 0. The first-order valence-electron chi connectivity index (χ1n) is 22.9. The molecule has 0 aromatic heterocycles. The van der Waals surface area contributed by atoms with Crippen LogP contribution >= 0.6 is 0 Å². The zero-order chi connectivity index (χ0) is 42.1. The Morgan fingerprint density at radius 1 is 0.550 bits per heavy atom. The van der Waals surface area contributed by atoms with E-state index in [1.165, 1.54) is 157 Å². The van der Waals surface area contributed by atoms with Crippen LogP contribution in [0.25, 0.3) is 33.4 Å². The van der Waals surface area contributed by atoms with Gasteiger partial charge in [-0.1, -0.05) is 124 Å². The van der Waals surface area contributed by atoms with Gasteiger partial charge < -0.3 is 24.8 Å². The van der Waals surface area contributed by atoms with Crippen LogP contribution in [0.5, 0.6) is 0 Å². The van der Waals surface area contributed by atoms with Crippen molar-refractivity contribution >= 4 is 3.21 Å². The van der Waals surface area contributed by atoms with E-state index in [0.29, 0.717) is 0 Å². The summed E-state index contributed by atoms with van der Waals surface area (Å²) in [5, 5.41) is 0. The molecule has 0 nitrogen and oxygen atoms in total. The maximum atomic E-state index is 3.93. The maximum absolute atomic E-state index is 3.93. The Morgan fingerprint density at radius 3 is 1.48 bits per heavy atom. The molecule has 0 atom stereocenters. The molecule has 3 heteroatoms.